The molecule has 0 radical (unpaired) electrons. The Hall–Kier alpha value is -1.66. The zero-order valence-corrected chi connectivity index (χ0v) is 17.4. The first kappa shape index (κ1) is 18.4. The fourth-order valence-electron chi connectivity index (χ4n) is 5.62. The van der Waals surface area contributed by atoms with Crippen molar-refractivity contribution in [3.05, 3.63) is 17.8 Å². The number of piperidine rings is 1. The van der Waals surface area contributed by atoms with Crippen LogP contribution in [0.3, 0.4) is 0 Å². The van der Waals surface area contributed by atoms with Gasteiger partial charge in [0.15, 0.2) is 5.65 Å². The second-order valence-corrected chi connectivity index (χ2v) is 9.11. The van der Waals surface area contributed by atoms with Crippen LogP contribution in [-0.4, -0.2) is 57.9 Å². The molecule has 2 aromatic rings. The van der Waals surface area contributed by atoms with Crippen molar-refractivity contribution in [2.45, 2.75) is 76.0 Å². The minimum atomic E-state index is 0.620. The monoisotopic (exact) mass is 382 g/mol. The Balaban J connectivity index is 1.30. The van der Waals surface area contributed by atoms with Gasteiger partial charge in [-0.05, 0) is 57.7 Å². The normalized spacial score (nSPS) is 28.8. The van der Waals surface area contributed by atoms with E-state index in [1.165, 1.54) is 56.8 Å². The Morgan fingerprint density at radius 1 is 1.00 bits per heavy atom. The zero-order chi connectivity index (χ0) is 19.1. The van der Waals surface area contributed by atoms with Gasteiger partial charge in [-0.1, -0.05) is 12.8 Å². The number of fused-ring (bicyclic) bond motifs is 3. The standard InChI is InChI=1S/C22H34N6/c1-26-17-7-8-18(26)14-16(13-17)23-15-20-19-9-10-21(24-22(19)27(2)25-20)28-11-5-3-4-6-12-28/h9-10,16-18,23H,3-8,11-15H2,1-2H3. The number of nitrogens with one attached hydrogen (secondary N) is 1. The van der Waals surface area contributed by atoms with Crippen molar-refractivity contribution >= 4 is 16.9 Å². The maximum atomic E-state index is 4.99. The van der Waals surface area contributed by atoms with Crippen molar-refractivity contribution in [3.8, 4) is 0 Å². The molecular weight excluding hydrogens is 348 g/mol. The average molecular weight is 383 g/mol. The van der Waals surface area contributed by atoms with Gasteiger partial charge in [0.05, 0.1) is 5.69 Å². The fraction of sp³-hybridized carbons (Fsp3) is 0.727. The van der Waals surface area contributed by atoms with Gasteiger partial charge in [0.2, 0.25) is 0 Å². The Bertz CT molecular complexity index is 808. The Labute approximate surface area is 168 Å². The summed E-state index contributed by atoms with van der Waals surface area (Å²) in [6.07, 6.45) is 10.5. The van der Waals surface area contributed by atoms with Crippen molar-refractivity contribution in [2.24, 2.45) is 7.05 Å². The highest BCUT2D eigenvalue weighted by atomic mass is 15.3. The summed E-state index contributed by atoms with van der Waals surface area (Å²) in [5.74, 6) is 1.11. The highest BCUT2D eigenvalue weighted by molar-refractivity contribution is 5.80. The molecule has 1 N–H and O–H groups in total. The number of hydrogen-bond acceptors (Lipinski definition) is 5. The summed E-state index contributed by atoms with van der Waals surface area (Å²) < 4.78 is 1.96. The molecule has 0 spiro atoms. The second kappa shape index (κ2) is 7.64. The van der Waals surface area contributed by atoms with Gasteiger partial charge in [-0.25, -0.2) is 4.98 Å². The quantitative estimate of drug-likeness (QED) is 0.881. The minimum Gasteiger partial charge on any atom is -0.357 e. The number of hydrogen-bond donors (Lipinski definition) is 1. The van der Waals surface area contributed by atoms with Crippen molar-refractivity contribution < 1.29 is 0 Å². The van der Waals surface area contributed by atoms with E-state index in [1.54, 1.807) is 0 Å². The Kier molecular flexibility index (Phi) is 5.01. The predicted molar refractivity (Wildman–Crippen MR) is 114 cm³/mol. The molecule has 0 aliphatic carbocycles. The topological polar surface area (TPSA) is 49.2 Å². The van der Waals surface area contributed by atoms with E-state index in [9.17, 15) is 0 Å². The van der Waals surface area contributed by atoms with E-state index in [-0.39, 0.29) is 0 Å². The molecule has 28 heavy (non-hydrogen) atoms. The van der Waals surface area contributed by atoms with Gasteiger partial charge in [0.25, 0.3) is 0 Å². The van der Waals surface area contributed by atoms with Crippen LogP contribution in [-0.2, 0) is 13.6 Å². The van der Waals surface area contributed by atoms with E-state index in [0.717, 1.165) is 48.9 Å². The smallest absolute Gasteiger partial charge is 0.160 e. The number of pyridine rings is 1. The van der Waals surface area contributed by atoms with Crippen LogP contribution in [0.5, 0.6) is 0 Å². The summed E-state index contributed by atoms with van der Waals surface area (Å²) >= 11 is 0. The lowest BCUT2D eigenvalue weighted by Crippen LogP contribution is -2.47. The maximum Gasteiger partial charge on any atom is 0.160 e. The lowest BCUT2D eigenvalue weighted by atomic mass is 9.98. The molecule has 5 heterocycles. The molecule has 3 aliphatic heterocycles. The molecular formula is C22H34N6. The minimum absolute atomic E-state index is 0.620. The third-order valence-electron chi connectivity index (χ3n) is 7.34. The second-order valence-electron chi connectivity index (χ2n) is 9.11. The third kappa shape index (κ3) is 3.41. The molecule has 3 aliphatic rings. The molecule has 2 bridgehead atoms. The number of nitrogens with zero attached hydrogens (tertiary/aromatic N) is 5. The van der Waals surface area contributed by atoms with Crippen LogP contribution in [0.2, 0.25) is 0 Å². The predicted octanol–water partition coefficient (Wildman–Crippen LogP) is 3.06. The van der Waals surface area contributed by atoms with Crippen LogP contribution >= 0.6 is 0 Å². The van der Waals surface area contributed by atoms with Crippen molar-refractivity contribution in [1.82, 2.24) is 25.0 Å². The summed E-state index contributed by atoms with van der Waals surface area (Å²) in [6.45, 7) is 3.10. The molecule has 2 aromatic heterocycles. The molecule has 0 aromatic carbocycles. The number of anilines is 1. The molecule has 2 atom stereocenters. The van der Waals surface area contributed by atoms with Gasteiger partial charge in [-0.2, -0.15) is 5.10 Å². The SMILES string of the molecule is CN1C2CCC1CC(NCc1nn(C)c3nc(N4CCCCCC4)ccc13)C2. The van der Waals surface area contributed by atoms with Crippen LogP contribution in [0.25, 0.3) is 11.0 Å². The highest BCUT2D eigenvalue weighted by Gasteiger charge is 2.38. The van der Waals surface area contributed by atoms with Gasteiger partial charge in [-0.3, -0.25) is 4.68 Å². The van der Waals surface area contributed by atoms with Gasteiger partial charge in [0.1, 0.15) is 5.82 Å². The van der Waals surface area contributed by atoms with Gasteiger partial charge < -0.3 is 15.1 Å². The average Bonchev–Trinajstić information content (AvgIpc) is 3.01. The summed E-state index contributed by atoms with van der Waals surface area (Å²) in [5, 5.41) is 9.82. The summed E-state index contributed by atoms with van der Waals surface area (Å²) in [6, 6.07) is 6.61. The molecule has 6 nitrogen and oxygen atoms in total. The summed E-state index contributed by atoms with van der Waals surface area (Å²) in [4.78, 5) is 10.0. The van der Waals surface area contributed by atoms with Crippen LogP contribution < -0.4 is 10.2 Å². The molecule has 5 rings (SSSR count). The molecule has 6 heteroatoms. The molecule has 3 saturated heterocycles. The molecule has 3 fully saturated rings. The van der Waals surface area contributed by atoms with Gasteiger partial charge >= 0.3 is 0 Å². The first-order valence-electron chi connectivity index (χ1n) is 11.2. The highest BCUT2D eigenvalue weighted by Crippen LogP contribution is 2.34. The molecule has 0 saturated carbocycles. The Morgan fingerprint density at radius 3 is 2.43 bits per heavy atom. The number of aromatic nitrogens is 3. The van der Waals surface area contributed by atoms with Crippen molar-refractivity contribution in [1.29, 1.82) is 0 Å². The largest absolute Gasteiger partial charge is 0.357 e. The number of aryl methyl sites for hydroxylation is 1. The van der Waals surface area contributed by atoms with Crippen LogP contribution in [0.15, 0.2) is 12.1 Å². The first-order valence-corrected chi connectivity index (χ1v) is 11.2. The van der Waals surface area contributed by atoms with Crippen molar-refractivity contribution in [3.63, 3.8) is 0 Å². The van der Waals surface area contributed by atoms with Gasteiger partial charge in [-0.15, -0.1) is 0 Å². The van der Waals surface area contributed by atoms with E-state index >= 15 is 0 Å². The van der Waals surface area contributed by atoms with Crippen LogP contribution in [0.1, 0.15) is 57.1 Å². The van der Waals surface area contributed by atoms with Crippen molar-refractivity contribution in [2.75, 3.05) is 25.0 Å². The zero-order valence-electron chi connectivity index (χ0n) is 17.4. The lowest BCUT2D eigenvalue weighted by Gasteiger charge is -2.36. The van der Waals surface area contributed by atoms with Crippen LogP contribution in [0.4, 0.5) is 5.82 Å². The fourth-order valence-corrected chi connectivity index (χ4v) is 5.62. The molecule has 2 unspecified atom stereocenters. The Morgan fingerprint density at radius 2 is 1.71 bits per heavy atom. The molecule has 152 valence electrons. The molecule has 0 amide bonds. The third-order valence-corrected chi connectivity index (χ3v) is 7.34. The van der Waals surface area contributed by atoms with E-state index in [0.29, 0.717) is 6.04 Å². The first-order chi connectivity index (χ1) is 13.7. The summed E-state index contributed by atoms with van der Waals surface area (Å²) in [5.41, 5.74) is 2.15. The van der Waals surface area contributed by atoms with E-state index < -0.39 is 0 Å². The van der Waals surface area contributed by atoms with E-state index in [1.807, 2.05) is 11.7 Å². The number of rotatable bonds is 4. The lowest BCUT2D eigenvalue weighted by molar-refractivity contribution is 0.148. The van der Waals surface area contributed by atoms with Crippen LogP contribution in [0, 0.1) is 0 Å². The van der Waals surface area contributed by atoms with E-state index in [4.69, 9.17) is 10.1 Å². The van der Waals surface area contributed by atoms with Gasteiger partial charge in [0, 0.05) is 50.2 Å². The van der Waals surface area contributed by atoms with E-state index in [2.05, 4.69) is 34.3 Å². The summed E-state index contributed by atoms with van der Waals surface area (Å²) in [7, 11) is 4.33. The maximum absolute atomic E-state index is 4.99.